The molecule has 2 aromatic carbocycles. The highest BCUT2D eigenvalue weighted by Gasteiger charge is 2.44. The van der Waals surface area contributed by atoms with E-state index in [2.05, 4.69) is 17.4 Å². The van der Waals surface area contributed by atoms with Gasteiger partial charge in [-0.05, 0) is 36.1 Å². The molecule has 2 fully saturated rings. The van der Waals surface area contributed by atoms with Gasteiger partial charge in [0.1, 0.15) is 5.82 Å². The van der Waals surface area contributed by atoms with E-state index in [4.69, 9.17) is 9.47 Å². The molecule has 31 heavy (non-hydrogen) atoms. The van der Waals surface area contributed by atoms with Crippen LogP contribution >= 0.6 is 0 Å². The van der Waals surface area contributed by atoms with E-state index in [1.54, 1.807) is 6.07 Å². The van der Waals surface area contributed by atoms with Gasteiger partial charge in [0.05, 0.1) is 18.6 Å². The zero-order valence-electron chi connectivity index (χ0n) is 17.9. The van der Waals surface area contributed by atoms with Crippen LogP contribution < -0.4 is 5.32 Å². The Morgan fingerprint density at radius 3 is 2.74 bits per heavy atom. The number of rotatable bonds is 6. The molecule has 1 amide bonds. The number of benzene rings is 2. The van der Waals surface area contributed by atoms with Gasteiger partial charge in [-0.2, -0.15) is 0 Å². The molecule has 1 atom stereocenters. The van der Waals surface area contributed by atoms with Crippen molar-refractivity contribution in [3.05, 3.63) is 71.5 Å². The van der Waals surface area contributed by atoms with Gasteiger partial charge in [-0.3, -0.25) is 4.79 Å². The summed E-state index contributed by atoms with van der Waals surface area (Å²) in [7, 11) is 0. The SMILES string of the molecule is O=C(N1CCNCC(COCc2ccccc2)C1)C1(c2cccc(F)c2)CCOCC1. The van der Waals surface area contributed by atoms with Crippen LogP contribution in [0.4, 0.5) is 4.39 Å². The summed E-state index contributed by atoms with van der Waals surface area (Å²) < 4.78 is 25.5. The van der Waals surface area contributed by atoms with Crippen LogP contribution in [0.15, 0.2) is 54.6 Å². The predicted molar refractivity (Wildman–Crippen MR) is 117 cm³/mol. The monoisotopic (exact) mass is 426 g/mol. The summed E-state index contributed by atoms with van der Waals surface area (Å²) >= 11 is 0. The summed E-state index contributed by atoms with van der Waals surface area (Å²) in [4.78, 5) is 15.8. The van der Waals surface area contributed by atoms with E-state index in [0.717, 1.165) is 24.2 Å². The molecule has 0 spiro atoms. The van der Waals surface area contributed by atoms with Crippen molar-refractivity contribution >= 4 is 5.91 Å². The van der Waals surface area contributed by atoms with Gasteiger partial charge in [0, 0.05) is 45.3 Å². The summed E-state index contributed by atoms with van der Waals surface area (Å²) in [6.07, 6.45) is 1.16. The van der Waals surface area contributed by atoms with Crippen LogP contribution in [0.25, 0.3) is 0 Å². The summed E-state index contributed by atoms with van der Waals surface area (Å²) in [5.74, 6) is -0.0152. The van der Waals surface area contributed by atoms with Gasteiger partial charge in [0.25, 0.3) is 0 Å². The topological polar surface area (TPSA) is 50.8 Å². The van der Waals surface area contributed by atoms with Crippen molar-refractivity contribution in [3.63, 3.8) is 0 Å². The molecule has 2 aliphatic heterocycles. The number of hydrogen-bond acceptors (Lipinski definition) is 4. The summed E-state index contributed by atoms with van der Waals surface area (Å²) in [6, 6.07) is 16.6. The number of nitrogens with one attached hydrogen (secondary N) is 1. The van der Waals surface area contributed by atoms with E-state index in [1.165, 1.54) is 12.1 Å². The Kier molecular flexibility index (Phi) is 7.33. The van der Waals surface area contributed by atoms with Crippen LogP contribution in [0.3, 0.4) is 0 Å². The van der Waals surface area contributed by atoms with E-state index >= 15 is 0 Å². The lowest BCUT2D eigenvalue weighted by molar-refractivity contribution is -0.142. The van der Waals surface area contributed by atoms with Crippen molar-refractivity contribution in [2.24, 2.45) is 5.92 Å². The fraction of sp³-hybridized carbons (Fsp3) is 0.480. The number of ether oxygens (including phenoxy) is 2. The maximum atomic E-state index is 14.0. The minimum absolute atomic E-state index is 0.0816. The number of carbonyl (C=O) groups excluding carboxylic acids is 1. The Morgan fingerprint density at radius 1 is 1.16 bits per heavy atom. The van der Waals surface area contributed by atoms with Crippen molar-refractivity contribution in [3.8, 4) is 0 Å². The van der Waals surface area contributed by atoms with Crippen molar-refractivity contribution < 1.29 is 18.7 Å². The van der Waals surface area contributed by atoms with Crippen molar-refractivity contribution in [1.82, 2.24) is 10.2 Å². The largest absolute Gasteiger partial charge is 0.381 e. The van der Waals surface area contributed by atoms with Crippen molar-refractivity contribution in [1.29, 1.82) is 0 Å². The molecule has 0 aliphatic carbocycles. The Labute approximate surface area is 183 Å². The lowest BCUT2D eigenvalue weighted by atomic mass is 9.72. The average Bonchev–Trinajstić information content (AvgIpc) is 3.05. The summed E-state index contributed by atoms with van der Waals surface area (Å²) in [5.41, 5.74) is 1.18. The molecular formula is C25H31FN2O3. The van der Waals surface area contributed by atoms with E-state index in [9.17, 15) is 9.18 Å². The third kappa shape index (κ3) is 5.32. The normalized spacial score (nSPS) is 21.5. The molecule has 4 rings (SSSR count). The number of hydrogen-bond donors (Lipinski definition) is 1. The molecule has 2 aromatic rings. The molecule has 5 nitrogen and oxygen atoms in total. The second-order valence-corrected chi connectivity index (χ2v) is 8.53. The first-order chi connectivity index (χ1) is 15.2. The lowest BCUT2D eigenvalue weighted by Gasteiger charge is -2.40. The Hall–Kier alpha value is -2.28. The highest BCUT2D eigenvalue weighted by atomic mass is 19.1. The van der Waals surface area contributed by atoms with Crippen LogP contribution in [-0.2, 0) is 26.3 Å². The van der Waals surface area contributed by atoms with Gasteiger partial charge >= 0.3 is 0 Å². The first kappa shape index (κ1) is 21.9. The van der Waals surface area contributed by atoms with Crippen LogP contribution in [0.5, 0.6) is 0 Å². The molecule has 0 bridgehead atoms. The Bertz CT molecular complexity index is 855. The number of nitrogens with zero attached hydrogens (tertiary/aromatic N) is 1. The molecule has 1 unspecified atom stereocenters. The maximum absolute atomic E-state index is 14.0. The standard InChI is InChI=1S/C25H31FN2O3/c26-23-8-4-7-22(15-23)25(9-13-30-14-10-25)24(29)28-12-11-27-16-21(17-28)19-31-18-20-5-2-1-3-6-20/h1-8,15,21,27H,9-14,16-19H2. The van der Waals surface area contributed by atoms with Gasteiger partial charge in [-0.1, -0.05) is 42.5 Å². The predicted octanol–water partition coefficient (Wildman–Crippen LogP) is 3.14. The molecule has 2 saturated heterocycles. The number of amides is 1. The van der Waals surface area contributed by atoms with E-state index < -0.39 is 5.41 Å². The fourth-order valence-electron chi connectivity index (χ4n) is 4.64. The van der Waals surface area contributed by atoms with Crippen molar-refractivity contribution in [2.75, 3.05) is 46.0 Å². The van der Waals surface area contributed by atoms with E-state index in [1.807, 2.05) is 29.2 Å². The third-order valence-corrected chi connectivity index (χ3v) is 6.36. The van der Waals surface area contributed by atoms with Crippen LogP contribution in [0.2, 0.25) is 0 Å². The zero-order valence-corrected chi connectivity index (χ0v) is 17.9. The first-order valence-corrected chi connectivity index (χ1v) is 11.1. The smallest absolute Gasteiger partial charge is 0.233 e. The Balaban J connectivity index is 1.46. The lowest BCUT2D eigenvalue weighted by Crippen LogP contribution is -2.51. The third-order valence-electron chi connectivity index (χ3n) is 6.36. The van der Waals surface area contributed by atoms with Gasteiger partial charge < -0.3 is 19.7 Å². The van der Waals surface area contributed by atoms with Crippen molar-refractivity contribution in [2.45, 2.75) is 24.9 Å². The molecular weight excluding hydrogens is 395 g/mol. The minimum atomic E-state index is -0.722. The van der Waals surface area contributed by atoms with E-state index in [-0.39, 0.29) is 17.6 Å². The second kappa shape index (κ2) is 10.4. The maximum Gasteiger partial charge on any atom is 0.233 e. The van der Waals surface area contributed by atoms with Crippen LogP contribution in [0, 0.1) is 11.7 Å². The highest BCUT2D eigenvalue weighted by molar-refractivity contribution is 5.88. The molecule has 6 heteroatoms. The molecule has 0 saturated carbocycles. The van der Waals surface area contributed by atoms with Crippen LogP contribution in [0.1, 0.15) is 24.0 Å². The highest BCUT2D eigenvalue weighted by Crippen LogP contribution is 2.37. The quantitative estimate of drug-likeness (QED) is 0.771. The molecule has 2 heterocycles. The molecule has 0 radical (unpaired) electrons. The van der Waals surface area contributed by atoms with Crippen LogP contribution in [-0.4, -0.2) is 56.8 Å². The van der Waals surface area contributed by atoms with Gasteiger partial charge in [0.15, 0.2) is 0 Å². The fourth-order valence-corrected chi connectivity index (χ4v) is 4.64. The summed E-state index contributed by atoms with van der Waals surface area (Å²) in [6.45, 7) is 5.02. The zero-order chi connectivity index (χ0) is 21.5. The minimum Gasteiger partial charge on any atom is -0.381 e. The van der Waals surface area contributed by atoms with Gasteiger partial charge in [0.2, 0.25) is 5.91 Å². The van der Waals surface area contributed by atoms with E-state index in [0.29, 0.717) is 52.4 Å². The number of halogens is 1. The average molecular weight is 427 g/mol. The Morgan fingerprint density at radius 2 is 1.97 bits per heavy atom. The molecule has 166 valence electrons. The second-order valence-electron chi connectivity index (χ2n) is 8.53. The van der Waals surface area contributed by atoms with Gasteiger partial charge in [-0.25, -0.2) is 4.39 Å². The molecule has 2 aliphatic rings. The number of carbonyl (C=O) groups is 1. The first-order valence-electron chi connectivity index (χ1n) is 11.1. The molecule has 1 N–H and O–H groups in total. The van der Waals surface area contributed by atoms with Gasteiger partial charge in [-0.15, -0.1) is 0 Å². The molecule has 0 aromatic heterocycles. The summed E-state index contributed by atoms with van der Waals surface area (Å²) in [5, 5.41) is 3.44.